The Morgan fingerprint density at radius 2 is 1.47 bits per heavy atom. The molecule has 1 aliphatic carbocycles. The Kier molecular flexibility index (Phi) is 16.9. The number of thioether (sulfide) groups is 2. The van der Waals surface area contributed by atoms with Crippen LogP contribution in [0.25, 0.3) is 0 Å². The molecule has 0 saturated heterocycles. The molecule has 16 heteroatoms. The maximum Gasteiger partial charge on any atom is 0.243 e. The van der Waals surface area contributed by atoms with Gasteiger partial charge in [0, 0.05) is 22.0 Å². The van der Waals surface area contributed by atoms with Crippen LogP contribution < -0.4 is 27.4 Å². The number of aliphatic hydroxyl groups excluding tert-OH is 1. The minimum atomic E-state index is -1.05. The third-order valence-electron chi connectivity index (χ3n) is 7.18. The van der Waals surface area contributed by atoms with E-state index >= 15 is 0 Å². The van der Waals surface area contributed by atoms with Gasteiger partial charge < -0.3 is 46.9 Å². The first-order valence-electron chi connectivity index (χ1n) is 14.8. The predicted octanol–water partition coefficient (Wildman–Crippen LogP) is -2.14. The van der Waals surface area contributed by atoms with Crippen molar-refractivity contribution >= 4 is 68.3 Å². The summed E-state index contributed by atoms with van der Waals surface area (Å²) in [5.74, 6) is -0.427. The zero-order valence-corrected chi connectivity index (χ0v) is 28.3. The number of hydrogen-bond donors (Lipinski definition) is 6. The second-order valence-corrected chi connectivity index (χ2v) is 15.2. The number of ether oxygens (including phenoxy) is 1. The predicted molar refractivity (Wildman–Crippen MR) is 177 cm³/mol. The molecule has 0 aromatic carbocycles. The summed E-state index contributed by atoms with van der Waals surface area (Å²) in [7, 11) is 2.76. The molecule has 0 aliphatic heterocycles. The number of aliphatic hydroxyl groups is 1. The molecule has 0 heterocycles. The Labute approximate surface area is 266 Å². The van der Waals surface area contributed by atoms with Crippen LogP contribution in [0.4, 0.5) is 0 Å². The summed E-state index contributed by atoms with van der Waals surface area (Å²) in [5.41, 5.74) is 9.84. The average Bonchev–Trinajstić information content (AvgIpc) is 2.90. The van der Waals surface area contributed by atoms with E-state index in [2.05, 4.69) is 16.0 Å². The molecule has 12 nitrogen and oxygen atoms in total. The molecule has 8 N–H and O–H groups in total. The van der Waals surface area contributed by atoms with Crippen LogP contribution in [0.1, 0.15) is 60.3 Å². The first-order chi connectivity index (χ1) is 19.8. The maximum absolute atomic E-state index is 13.3. The normalized spacial score (nSPS) is 20.2. The second-order valence-electron chi connectivity index (χ2n) is 12.6. The van der Waals surface area contributed by atoms with Crippen LogP contribution in [-0.2, 0) is 28.7 Å². The molecule has 1 aliphatic rings. The van der Waals surface area contributed by atoms with Crippen molar-refractivity contribution in [3.8, 4) is 0 Å². The summed E-state index contributed by atoms with van der Waals surface area (Å²) in [6.45, 7) is 8.78. The largest absolute Gasteiger partial charge is 0.393 e. The quantitative estimate of drug-likeness (QED) is 0.0589. The molecule has 43 heavy (non-hydrogen) atoms. The topological polar surface area (TPSA) is 203 Å². The van der Waals surface area contributed by atoms with Gasteiger partial charge >= 0.3 is 0 Å². The highest BCUT2D eigenvalue weighted by Gasteiger charge is 2.37. The van der Waals surface area contributed by atoms with Gasteiger partial charge in [0.05, 0.1) is 37.3 Å². The van der Waals surface area contributed by atoms with E-state index in [4.69, 9.17) is 16.2 Å². The Morgan fingerprint density at radius 1 is 0.953 bits per heavy atom. The molecule has 1 rings (SSSR count). The Morgan fingerprint density at radius 3 is 1.95 bits per heavy atom. The van der Waals surface area contributed by atoms with E-state index in [1.54, 1.807) is 44.3 Å². The lowest BCUT2D eigenvalue weighted by Gasteiger charge is -2.37. The van der Waals surface area contributed by atoms with Crippen molar-refractivity contribution in [1.29, 1.82) is 0 Å². The first kappa shape index (κ1) is 39.4. The van der Waals surface area contributed by atoms with Crippen molar-refractivity contribution in [3.63, 3.8) is 0 Å². The Balaban J connectivity index is 2.73. The summed E-state index contributed by atoms with van der Waals surface area (Å²) in [6.07, 6.45) is 2.23. The molecule has 5 unspecified atom stereocenters. The number of rotatable bonds is 21. The standard InChI is InChI=1S/C27H51B2N5O7S2/c1-15(2)18(35)8-9-27(5,31)41-14-26(3,4)25(40)34-17(24(39)33-11-22(29)37)13-43-20-7-6-19(20)42-12-16(30)23(38)32-10-21(28)36/h15-20,35H,6-14,28-31H2,1-5H3,(H,32,38)(H,33,39)(H,34,40)/t16?,17?,18-,19?,20?,27?/m0/s1. The lowest BCUT2D eigenvalue weighted by molar-refractivity contribution is -0.141. The van der Waals surface area contributed by atoms with Gasteiger partial charge in [-0.15, -0.1) is 0 Å². The van der Waals surface area contributed by atoms with E-state index in [1.807, 2.05) is 13.8 Å². The molecule has 0 radical (unpaired) electrons. The Bertz CT molecular complexity index is 974. The minimum absolute atomic E-state index is 0.000122. The molecule has 0 bridgehead atoms. The van der Waals surface area contributed by atoms with E-state index in [-0.39, 0.29) is 53.4 Å². The zero-order valence-electron chi connectivity index (χ0n) is 26.7. The van der Waals surface area contributed by atoms with Crippen molar-refractivity contribution in [2.75, 3.05) is 31.2 Å². The van der Waals surface area contributed by atoms with Crippen LogP contribution in [0, 0.1) is 11.3 Å². The van der Waals surface area contributed by atoms with E-state index in [1.165, 1.54) is 15.7 Å². The van der Waals surface area contributed by atoms with E-state index < -0.39 is 41.1 Å². The van der Waals surface area contributed by atoms with Crippen LogP contribution in [-0.4, -0.2) is 116 Å². The fourth-order valence-corrected chi connectivity index (χ4v) is 6.87. The smallest absolute Gasteiger partial charge is 0.243 e. The van der Waals surface area contributed by atoms with Gasteiger partial charge in [-0.25, -0.2) is 0 Å². The molecular formula is C27H51B2N5O7S2. The van der Waals surface area contributed by atoms with E-state index in [0.29, 0.717) is 24.3 Å². The number of nitrogens with one attached hydrogen (secondary N) is 3. The highest BCUT2D eigenvalue weighted by Crippen LogP contribution is 2.40. The molecule has 3 amide bonds. The summed E-state index contributed by atoms with van der Waals surface area (Å²) >= 11 is 3.14. The molecule has 1 saturated carbocycles. The summed E-state index contributed by atoms with van der Waals surface area (Å²) in [4.78, 5) is 60.9. The third-order valence-corrected chi connectivity index (χ3v) is 10.4. The van der Waals surface area contributed by atoms with Crippen molar-refractivity contribution in [3.05, 3.63) is 0 Å². The van der Waals surface area contributed by atoms with Crippen molar-refractivity contribution in [2.45, 2.75) is 94.7 Å². The van der Waals surface area contributed by atoms with Crippen LogP contribution in [0.5, 0.6) is 0 Å². The highest BCUT2D eigenvalue weighted by molar-refractivity contribution is 8.04. The van der Waals surface area contributed by atoms with Crippen molar-refractivity contribution in [2.24, 2.45) is 22.8 Å². The van der Waals surface area contributed by atoms with Gasteiger partial charge in [0.25, 0.3) is 0 Å². The van der Waals surface area contributed by atoms with Crippen molar-refractivity contribution in [1.82, 2.24) is 16.0 Å². The molecular weight excluding hydrogens is 592 g/mol. The van der Waals surface area contributed by atoms with E-state index in [9.17, 15) is 29.1 Å². The van der Waals surface area contributed by atoms with Gasteiger partial charge in [-0.1, -0.05) is 13.8 Å². The summed E-state index contributed by atoms with van der Waals surface area (Å²) in [6, 6.07) is -1.62. The lowest BCUT2D eigenvalue weighted by Crippen LogP contribution is -2.54. The fourth-order valence-electron chi connectivity index (χ4n) is 3.81. The van der Waals surface area contributed by atoms with Crippen LogP contribution in [0.3, 0.4) is 0 Å². The second kappa shape index (κ2) is 18.4. The first-order valence-corrected chi connectivity index (χ1v) is 16.9. The fraction of sp³-hybridized carbons (Fsp3) is 0.815. The molecule has 0 aromatic heterocycles. The van der Waals surface area contributed by atoms with Crippen molar-refractivity contribution < 1.29 is 33.8 Å². The van der Waals surface area contributed by atoms with Gasteiger partial charge in [0.2, 0.25) is 17.7 Å². The summed E-state index contributed by atoms with van der Waals surface area (Å²) < 4.78 is 5.89. The van der Waals surface area contributed by atoms with Crippen LogP contribution in [0.2, 0.25) is 0 Å². The van der Waals surface area contributed by atoms with E-state index in [0.717, 1.165) is 12.8 Å². The molecule has 244 valence electrons. The monoisotopic (exact) mass is 643 g/mol. The summed E-state index contributed by atoms with van der Waals surface area (Å²) in [5, 5.41) is 18.5. The highest BCUT2D eigenvalue weighted by atomic mass is 32.2. The number of carbonyl (C=O) groups excluding carboxylic acids is 5. The van der Waals surface area contributed by atoms with Crippen LogP contribution in [0.15, 0.2) is 0 Å². The van der Waals surface area contributed by atoms with Gasteiger partial charge in [-0.05, 0) is 52.4 Å². The number of carbonyl (C=O) groups is 5. The van der Waals surface area contributed by atoms with Gasteiger partial charge in [0.15, 0.2) is 15.7 Å². The average molecular weight is 643 g/mol. The van der Waals surface area contributed by atoms with Gasteiger partial charge in [-0.3, -0.25) is 14.4 Å². The van der Waals surface area contributed by atoms with Crippen LogP contribution >= 0.6 is 23.5 Å². The number of nitrogens with two attached hydrogens (primary N) is 2. The molecule has 1 fully saturated rings. The molecule has 0 aromatic rings. The number of hydrogen-bond acceptors (Lipinski definition) is 11. The molecule has 6 atom stereocenters. The minimum Gasteiger partial charge on any atom is -0.393 e. The SMILES string of the molecule is BC(=O)CNC(=O)C(N)CSC1CCC1SCC(NC(=O)C(C)(C)COC(C)(N)CC[C@H](O)C(C)C)C(=O)NCC(B)=O. The third kappa shape index (κ3) is 15.3. The lowest BCUT2D eigenvalue weighted by atomic mass is 9.92. The number of amides is 3. The molecule has 0 spiro atoms. The van der Waals surface area contributed by atoms with Gasteiger partial charge in [-0.2, -0.15) is 23.5 Å². The van der Waals surface area contributed by atoms with Gasteiger partial charge in [0.1, 0.15) is 23.1 Å². The zero-order chi connectivity index (χ0) is 33.0. The maximum atomic E-state index is 13.3. The Hall–Kier alpha value is -1.58.